The summed E-state index contributed by atoms with van der Waals surface area (Å²) < 4.78 is 4.97. The third-order valence-corrected chi connectivity index (χ3v) is 1.91. The SMILES string of the molecule is CO[C@H](CO)CNc1cccc(C#N)n1. The maximum Gasteiger partial charge on any atom is 0.142 e. The van der Waals surface area contributed by atoms with E-state index in [0.717, 1.165) is 0 Å². The molecule has 0 fully saturated rings. The topological polar surface area (TPSA) is 78.2 Å². The number of rotatable bonds is 5. The molecule has 1 aromatic rings. The Morgan fingerprint density at radius 3 is 3.07 bits per heavy atom. The zero-order valence-electron chi connectivity index (χ0n) is 8.47. The molecule has 0 radical (unpaired) electrons. The summed E-state index contributed by atoms with van der Waals surface area (Å²) in [5, 5.41) is 20.5. The quantitative estimate of drug-likeness (QED) is 0.729. The lowest BCUT2D eigenvalue weighted by molar-refractivity contribution is 0.0581. The number of aromatic nitrogens is 1. The van der Waals surface area contributed by atoms with Crippen LogP contribution in [-0.2, 0) is 4.74 Å². The smallest absolute Gasteiger partial charge is 0.142 e. The molecule has 1 heterocycles. The van der Waals surface area contributed by atoms with Crippen molar-refractivity contribution in [1.29, 1.82) is 5.26 Å². The Bertz CT molecular complexity index is 345. The van der Waals surface area contributed by atoms with Gasteiger partial charge in [0.15, 0.2) is 0 Å². The molecule has 5 heteroatoms. The first kappa shape index (κ1) is 11.4. The van der Waals surface area contributed by atoms with E-state index in [0.29, 0.717) is 18.1 Å². The lowest BCUT2D eigenvalue weighted by Gasteiger charge is -2.13. The van der Waals surface area contributed by atoms with Crippen LogP contribution in [-0.4, -0.2) is 36.5 Å². The highest BCUT2D eigenvalue weighted by Gasteiger charge is 2.05. The Morgan fingerprint density at radius 1 is 1.67 bits per heavy atom. The molecule has 0 saturated carbocycles. The van der Waals surface area contributed by atoms with Crippen LogP contribution >= 0.6 is 0 Å². The van der Waals surface area contributed by atoms with Gasteiger partial charge in [-0.1, -0.05) is 6.07 Å². The third-order valence-electron chi connectivity index (χ3n) is 1.91. The lowest BCUT2D eigenvalue weighted by Crippen LogP contribution is -2.25. The minimum Gasteiger partial charge on any atom is -0.394 e. The number of anilines is 1. The van der Waals surface area contributed by atoms with Crippen molar-refractivity contribution < 1.29 is 9.84 Å². The zero-order valence-corrected chi connectivity index (χ0v) is 8.47. The van der Waals surface area contributed by atoms with Gasteiger partial charge in [0.05, 0.1) is 12.7 Å². The highest BCUT2D eigenvalue weighted by molar-refractivity contribution is 5.38. The van der Waals surface area contributed by atoms with Crippen molar-refractivity contribution in [2.75, 3.05) is 25.6 Å². The summed E-state index contributed by atoms with van der Waals surface area (Å²) in [5.41, 5.74) is 0.359. The average molecular weight is 207 g/mol. The van der Waals surface area contributed by atoms with Crippen LogP contribution in [0.25, 0.3) is 0 Å². The molecule has 0 spiro atoms. The molecule has 0 aromatic carbocycles. The van der Waals surface area contributed by atoms with E-state index in [2.05, 4.69) is 10.3 Å². The van der Waals surface area contributed by atoms with Crippen LogP contribution in [0.1, 0.15) is 5.69 Å². The van der Waals surface area contributed by atoms with Crippen molar-refractivity contribution in [3.05, 3.63) is 23.9 Å². The summed E-state index contributed by atoms with van der Waals surface area (Å²) in [6.07, 6.45) is -0.266. The number of methoxy groups -OCH3 is 1. The molecule has 1 atom stereocenters. The van der Waals surface area contributed by atoms with Crippen LogP contribution in [0.15, 0.2) is 18.2 Å². The van der Waals surface area contributed by atoms with Crippen LogP contribution in [0, 0.1) is 11.3 Å². The molecule has 0 saturated heterocycles. The van der Waals surface area contributed by atoms with Crippen LogP contribution in [0.2, 0.25) is 0 Å². The molecule has 0 aliphatic carbocycles. The summed E-state index contributed by atoms with van der Waals surface area (Å²) in [6.45, 7) is 0.399. The number of hydrogen-bond acceptors (Lipinski definition) is 5. The molecule has 0 bridgehead atoms. The van der Waals surface area contributed by atoms with Gasteiger partial charge < -0.3 is 15.2 Å². The Kier molecular flexibility index (Phi) is 4.54. The summed E-state index contributed by atoms with van der Waals surface area (Å²) in [7, 11) is 1.53. The van der Waals surface area contributed by atoms with Gasteiger partial charge in [-0.15, -0.1) is 0 Å². The normalized spacial score (nSPS) is 11.8. The van der Waals surface area contributed by atoms with E-state index in [4.69, 9.17) is 15.1 Å². The van der Waals surface area contributed by atoms with Crippen molar-refractivity contribution in [2.45, 2.75) is 6.10 Å². The first-order chi connectivity index (χ1) is 7.30. The van der Waals surface area contributed by atoms with E-state index < -0.39 is 0 Å². The standard InChI is InChI=1S/C10H13N3O2/c1-15-9(7-14)6-12-10-4-2-3-8(5-11)13-10/h2-4,9,14H,6-7H2,1H3,(H,12,13)/t9-/m0/s1. The van der Waals surface area contributed by atoms with E-state index in [1.807, 2.05) is 6.07 Å². The molecular weight excluding hydrogens is 194 g/mol. The Labute approximate surface area is 88.3 Å². The van der Waals surface area contributed by atoms with Crippen LogP contribution in [0.4, 0.5) is 5.82 Å². The minimum atomic E-state index is -0.266. The number of nitriles is 1. The molecule has 5 nitrogen and oxygen atoms in total. The van der Waals surface area contributed by atoms with E-state index in [9.17, 15) is 0 Å². The summed E-state index contributed by atoms with van der Waals surface area (Å²) in [6, 6.07) is 7.08. The second kappa shape index (κ2) is 5.96. The fourth-order valence-corrected chi connectivity index (χ4v) is 1.04. The van der Waals surface area contributed by atoms with Crippen molar-refractivity contribution in [1.82, 2.24) is 4.98 Å². The predicted molar refractivity (Wildman–Crippen MR) is 55.3 cm³/mol. The summed E-state index contributed by atoms with van der Waals surface area (Å²) in [5.74, 6) is 0.601. The molecule has 0 aliphatic heterocycles. The second-order valence-corrected chi connectivity index (χ2v) is 2.94. The van der Waals surface area contributed by atoms with Gasteiger partial charge in [0.25, 0.3) is 0 Å². The van der Waals surface area contributed by atoms with Crippen LogP contribution in [0.3, 0.4) is 0 Å². The molecule has 0 unspecified atom stereocenters. The third kappa shape index (κ3) is 3.54. The number of hydrogen-bond donors (Lipinski definition) is 2. The fraction of sp³-hybridized carbons (Fsp3) is 0.400. The van der Waals surface area contributed by atoms with E-state index in [-0.39, 0.29) is 12.7 Å². The maximum absolute atomic E-state index is 8.87. The number of nitrogens with one attached hydrogen (secondary N) is 1. The van der Waals surface area contributed by atoms with E-state index in [1.165, 1.54) is 7.11 Å². The van der Waals surface area contributed by atoms with Gasteiger partial charge in [-0.3, -0.25) is 0 Å². The average Bonchev–Trinajstić information content (AvgIpc) is 2.31. The van der Waals surface area contributed by atoms with Gasteiger partial charge in [0.1, 0.15) is 17.6 Å². The van der Waals surface area contributed by atoms with Crippen molar-refractivity contribution in [2.24, 2.45) is 0 Å². The monoisotopic (exact) mass is 207 g/mol. The largest absolute Gasteiger partial charge is 0.394 e. The van der Waals surface area contributed by atoms with Gasteiger partial charge in [-0.2, -0.15) is 5.26 Å². The van der Waals surface area contributed by atoms with E-state index >= 15 is 0 Å². The number of nitrogens with zero attached hydrogens (tertiary/aromatic N) is 2. The zero-order chi connectivity index (χ0) is 11.1. The molecule has 2 N–H and O–H groups in total. The lowest BCUT2D eigenvalue weighted by atomic mass is 10.3. The first-order valence-electron chi connectivity index (χ1n) is 4.55. The number of aliphatic hydroxyl groups excluding tert-OH is 1. The number of aliphatic hydroxyl groups is 1. The molecule has 1 rings (SSSR count). The Hall–Kier alpha value is -1.64. The highest BCUT2D eigenvalue weighted by Crippen LogP contribution is 2.04. The molecule has 15 heavy (non-hydrogen) atoms. The number of ether oxygens (including phenoxy) is 1. The minimum absolute atomic E-state index is 0.0541. The fourth-order valence-electron chi connectivity index (χ4n) is 1.04. The Balaban J connectivity index is 2.54. The molecule has 1 aromatic heterocycles. The molecule has 80 valence electrons. The second-order valence-electron chi connectivity index (χ2n) is 2.94. The molecule has 0 aliphatic rings. The van der Waals surface area contributed by atoms with Gasteiger partial charge in [0, 0.05) is 13.7 Å². The maximum atomic E-state index is 8.87. The van der Waals surface area contributed by atoms with Crippen LogP contribution in [0.5, 0.6) is 0 Å². The highest BCUT2D eigenvalue weighted by atomic mass is 16.5. The Morgan fingerprint density at radius 2 is 2.47 bits per heavy atom. The van der Waals surface area contributed by atoms with E-state index in [1.54, 1.807) is 18.2 Å². The van der Waals surface area contributed by atoms with Crippen LogP contribution < -0.4 is 5.32 Å². The van der Waals surface area contributed by atoms with Crippen molar-refractivity contribution >= 4 is 5.82 Å². The predicted octanol–water partition coefficient (Wildman–Crippen LogP) is 0.372. The van der Waals surface area contributed by atoms with Gasteiger partial charge in [-0.05, 0) is 12.1 Å². The molecule has 0 amide bonds. The van der Waals surface area contributed by atoms with Gasteiger partial charge >= 0.3 is 0 Å². The van der Waals surface area contributed by atoms with Gasteiger partial charge in [-0.25, -0.2) is 4.98 Å². The van der Waals surface area contributed by atoms with Crippen molar-refractivity contribution in [3.8, 4) is 6.07 Å². The first-order valence-corrected chi connectivity index (χ1v) is 4.55. The summed E-state index contributed by atoms with van der Waals surface area (Å²) >= 11 is 0. The van der Waals surface area contributed by atoms with Gasteiger partial charge in [0.2, 0.25) is 0 Å². The summed E-state index contributed by atoms with van der Waals surface area (Å²) in [4.78, 5) is 4.02. The number of pyridine rings is 1. The molecular formula is C10H13N3O2. The van der Waals surface area contributed by atoms with Crippen molar-refractivity contribution in [3.63, 3.8) is 0 Å².